The number of aryl methyl sites for hydroxylation is 1. The number of carbonyl (C=O) groups is 2. The number of likely N-dealkylation sites (tertiary alicyclic amines) is 1. The van der Waals surface area contributed by atoms with Crippen molar-refractivity contribution in [3.05, 3.63) is 81.6 Å². The number of halogens is 2. The molecule has 2 heterocycles. The Morgan fingerprint density at radius 3 is 2.32 bits per heavy atom. The number of nitrogens with one attached hydrogen (secondary N) is 2. The van der Waals surface area contributed by atoms with Gasteiger partial charge in [0.1, 0.15) is 24.1 Å². The number of unbranched alkanes of at least 4 members (excludes halogenated alkanes) is 1. The van der Waals surface area contributed by atoms with Gasteiger partial charge >= 0.3 is 6.03 Å². The van der Waals surface area contributed by atoms with E-state index in [1.54, 1.807) is 11.1 Å². The van der Waals surface area contributed by atoms with Crippen molar-refractivity contribution in [2.75, 3.05) is 26.2 Å². The van der Waals surface area contributed by atoms with Crippen molar-refractivity contribution in [3.63, 3.8) is 0 Å². The van der Waals surface area contributed by atoms with E-state index in [2.05, 4.69) is 21.7 Å². The molecule has 0 radical (unpaired) electrons. The van der Waals surface area contributed by atoms with Crippen molar-refractivity contribution in [2.45, 2.75) is 113 Å². The lowest BCUT2D eigenvalue weighted by molar-refractivity contribution is -0.132. The second kappa shape index (κ2) is 19.3. The van der Waals surface area contributed by atoms with Gasteiger partial charge in [0.2, 0.25) is 5.91 Å². The maximum Gasteiger partial charge on any atom is 0.315 e. The van der Waals surface area contributed by atoms with Gasteiger partial charge in [0, 0.05) is 65.7 Å². The predicted octanol–water partition coefficient (Wildman–Crippen LogP) is 4.24. The number of piperidine rings is 1. The molecule has 2 aliphatic carbocycles. The number of ether oxygens (including phenoxy) is 2. The lowest BCUT2D eigenvalue weighted by Gasteiger charge is -2.32. The van der Waals surface area contributed by atoms with Crippen LogP contribution < -0.4 is 15.4 Å². The summed E-state index contributed by atoms with van der Waals surface area (Å²) in [4.78, 5) is 31.5. The number of aromatic nitrogens is 1. The molecule has 15 heteroatoms. The molecule has 1 aromatic heterocycles. The molecule has 0 spiro atoms. The van der Waals surface area contributed by atoms with Crippen molar-refractivity contribution in [2.24, 2.45) is 0 Å². The van der Waals surface area contributed by atoms with E-state index in [0.29, 0.717) is 61.8 Å². The van der Waals surface area contributed by atoms with Gasteiger partial charge in [0.15, 0.2) is 0 Å². The summed E-state index contributed by atoms with van der Waals surface area (Å²) < 4.78 is 12.8. The van der Waals surface area contributed by atoms with Crippen LogP contribution in [0.3, 0.4) is 0 Å². The SMILES string of the molecule is O=C(NCC(O)C(O)C(O)C(O)CO)NC1CCN(C(=O)CCCCc2cc(Cl)c(COC3(c4cnccc4-c4ccccc4OC4CC4)CC3)cc2Cl)CC1. The molecular weight excluding hydrogens is 763 g/mol. The molecule has 304 valence electrons. The molecular formula is C41H52Cl2N4O9. The van der Waals surface area contributed by atoms with Crippen LogP contribution in [0.2, 0.25) is 10.0 Å². The zero-order chi connectivity index (χ0) is 39.8. The highest BCUT2D eigenvalue weighted by Gasteiger charge is 2.48. The van der Waals surface area contributed by atoms with Crippen molar-refractivity contribution in [1.29, 1.82) is 0 Å². The molecule has 3 amide bonds. The normalized spacial score (nSPS) is 18.8. The van der Waals surface area contributed by atoms with Crippen LogP contribution in [-0.4, -0.2) is 110 Å². The van der Waals surface area contributed by atoms with Crippen LogP contribution in [0.5, 0.6) is 5.75 Å². The summed E-state index contributed by atoms with van der Waals surface area (Å²) in [6, 6.07) is 13.2. The van der Waals surface area contributed by atoms with Gasteiger partial charge in [-0.1, -0.05) is 41.4 Å². The van der Waals surface area contributed by atoms with Crippen LogP contribution in [0, 0.1) is 0 Å². The summed E-state index contributed by atoms with van der Waals surface area (Å²) in [5.74, 6) is 0.929. The molecule has 7 N–H and O–H groups in total. The van der Waals surface area contributed by atoms with Gasteiger partial charge in [-0.05, 0) is 98.7 Å². The van der Waals surface area contributed by atoms with Gasteiger partial charge in [-0.15, -0.1) is 0 Å². The smallest absolute Gasteiger partial charge is 0.315 e. The van der Waals surface area contributed by atoms with Gasteiger partial charge in [0.25, 0.3) is 0 Å². The Morgan fingerprint density at radius 1 is 0.911 bits per heavy atom. The first-order valence-corrected chi connectivity index (χ1v) is 20.2. The highest BCUT2D eigenvalue weighted by Crippen LogP contribution is 2.53. The Hall–Kier alpha value is -3.53. The number of carbonyl (C=O) groups excluding carboxylic acids is 2. The Labute approximate surface area is 336 Å². The number of hydrogen-bond donors (Lipinski definition) is 7. The van der Waals surface area contributed by atoms with Gasteiger partial charge in [-0.2, -0.15) is 0 Å². The van der Waals surface area contributed by atoms with Crippen LogP contribution in [0.4, 0.5) is 4.79 Å². The van der Waals surface area contributed by atoms with E-state index in [1.165, 1.54) is 0 Å². The van der Waals surface area contributed by atoms with Crippen LogP contribution in [0.1, 0.15) is 74.5 Å². The fourth-order valence-electron chi connectivity index (χ4n) is 7.04. The third-order valence-corrected chi connectivity index (χ3v) is 11.5. The summed E-state index contributed by atoms with van der Waals surface area (Å²) in [6.07, 6.45) is 4.80. The zero-order valence-electron chi connectivity index (χ0n) is 31.3. The summed E-state index contributed by atoms with van der Waals surface area (Å²) in [5.41, 5.74) is 4.40. The number of aliphatic hydroxyl groups is 5. The second-order valence-electron chi connectivity index (χ2n) is 15.1. The molecule has 3 fully saturated rings. The van der Waals surface area contributed by atoms with Crippen LogP contribution in [0.15, 0.2) is 54.9 Å². The maximum atomic E-state index is 12.9. The molecule has 2 saturated carbocycles. The highest BCUT2D eigenvalue weighted by molar-refractivity contribution is 6.34. The molecule has 4 atom stereocenters. The number of hydrogen-bond acceptors (Lipinski definition) is 10. The van der Waals surface area contributed by atoms with E-state index in [1.807, 2.05) is 42.6 Å². The average molecular weight is 816 g/mol. The van der Waals surface area contributed by atoms with E-state index in [9.17, 15) is 30.0 Å². The standard InChI is InChI=1S/C41H52Cl2N4O9/c42-32-20-26(24-55-41(14-15-41)31-21-44-16-11-29(31)30-6-2-3-7-36(30)56-28-9-10-28)33(43)19-25(32)5-1-4-8-37(51)47-17-12-27(13-18-47)46-40(54)45-22-34(49)38(52)39(53)35(50)23-48/h2-3,6-7,11,16,19-21,27-28,34-35,38-39,48-50,52-53H,1,4-5,8-10,12-15,17-18,22-24H2,(H2,45,46,54). The molecule has 56 heavy (non-hydrogen) atoms. The van der Waals surface area contributed by atoms with Crippen molar-refractivity contribution >= 4 is 35.1 Å². The quantitative estimate of drug-likeness (QED) is 0.0862. The number of aliphatic hydroxyl groups excluding tert-OH is 5. The monoisotopic (exact) mass is 814 g/mol. The van der Waals surface area contributed by atoms with Crippen molar-refractivity contribution < 1.29 is 44.6 Å². The van der Waals surface area contributed by atoms with Crippen molar-refractivity contribution in [3.8, 4) is 16.9 Å². The fourth-order valence-corrected chi connectivity index (χ4v) is 7.56. The van der Waals surface area contributed by atoms with Gasteiger partial charge in [-0.25, -0.2) is 4.79 Å². The van der Waals surface area contributed by atoms with Crippen LogP contribution in [-0.2, 0) is 28.2 Å². The molecule has 4 unspecified atom stereocenters. The predicted molar refractivity (Wildman–Crippen MR) is 210 cm³/mol. The number of pyridine rings is 1. The van der Waals surface area contributed by atoms with E-state index in [4.69, 9.17) is 37.8 Å². The van der Waals surface area contributed by atoms with Crippen molar-refractivity contribution in [1.82, 2.24) is 20.5 Å². The first kappa shape index (κ1) is 42.1. The zero-order valence-corrected chi connectivity index (χ0v) is 32.8. The number of amides is 3. The fraction of sp³-hybridized carbons (Fsp3) is 0.537. The largest absolute Gasteiger partial charge is 0.490 e. The minimum atomic E-state index is -1.77. The Morgan fingerprint density at radius 2 is 1.61 bits per heavy atom. The van der Waals surface area contributed by atoms with E-state index >= 15 is 0 Å². The topological polar surface area (TPSA) is 194 Å². The summed E-state index contributed by atoms with van der Waals surface area (Å²) in [6.45, 7) is 0.117. The number of benzene rings is 2. The third kappa shape index (κ3) is 10.9. The van der Waals surface area contributed by atoms with Gasteiger partial charge in [-0.3, -0.25) is 9.78 Å². The molecule has 1 aliphatic heterocycles. The van der Waals surface area contributed by atoms with Gasteiger partial charge in [0.05, 0.1) is 31.0 Å². The highest BCUT2D eigenvalue weighted by atomic mass is 35.5. The maximum absolute atomic E-state index is 12.9. The average Bonchev–Trinajstić information content (AvgIpc) is 4.16. The second-order valence-corrected chi connectivity index (χ2v) is 15.9. The lowest BCUT2D eigenvalue weighted by Crippen LogP contribution is -2.53. The first-order valence-electron chi connectivity index (χ1n) is 19.4. The minimum Gasteiger partial charge on any atom is -0.490 e. The molecule has 0 bridgehead atoms. The Kier molecular flexibility index (Phi) is 14.5. The number of para-hydroxylation sites is 1. The molecule has 1 saturated heterocycles. The Bertz CT molecular complexity index is 1800. The first-order chi connectivity index (χ1) is 27.0. The number of urea groups is 1. The summed E-state index contributed by atoms with van der Waals surface area (Å²) >= 11 is 13.5. The third-order valence-electron chi connectivity index (χ3n) is 10.8. The molecule has 13 nitrogen and oxygen atoms in total. The summed E-state index contributed by atoms with van der Waals surface area (Å²) in [5, 5.41) is 54.4. The van der Waals surface area contributed by atoms with E-state index in [0.717, 1.165) is 65.7 Å². The van der Waals surface area contributed by atoms with Gasteiger partial charge < -0.3 is 50.5 Å². The Balaban J connectivity index is 0.916. The summed E-state index contributed by atoms with van der Waals surface area (Å²) in [7, 11) is 0. The van der Waals surface area contributed by atoms with E-state index in [-0.39, 0.29) is 24.6 Å². The van der Waals surface area contributed by atoms with Crippen LogP contribution >= 0.6 is 23.2 Å². The minimum absolute atomic E-state index is 0.0509. The van der Waals surface area contributed by atoms with Crippen LogP contribution in [0.25, 0.3) is 11.1 Å². The number of rotatable bonds is 19. The molecule has 3 aliphatic rings. The molecule has 2 aromatic carbocycles. The molecule has 3 aromatic rings. The number of nitrogens with zero attached hydrogens (tertiary/aromatic N) is 2. The molecule has 6 rings (SSSR count). The van der Waals surface area contributed by atoms with E-state index < -0.39 is 42.7 Å². The lowest BCUT2D eigenvalue weighted by atomic mass is 9.96.